The standard InChI is InChI=1S/C12H6Cl2FN3O/c13-9-11(14)17-6-18(12(9)19)5-8-3-1-2-7(4-16)10(8)15/h1-3,6H,5H2. The predicted molar refractivity (Wildman–Crippen MR) is 68.7 cm³/mol. The Kier molecular flexibility index (Phi) is 3.84. The zero-order chi connectivity index (χ0) is 14.0. The molecule has 1 aromatic heterocycles. The normalized spacial score (nSPS) is 10.2. The average Bonchev–Trinajstić information content (AvgIpc) is 2.41. The van der Waals surface area contributed by atoms with E-state index in [1.165, 1.54) is 24.5 Å². The van der Waals surface area contributed by atoms with E-state index in [2.05, 4.69) is 4.98 Å². The molecule has 0 saturated heterocycles. The summed E-state index contributed by atoms with van der Waals surface area (Å²) >= 11 is 11.3. The van der Waals surface area contributed by atoms with Gasteiger partial charge in [0.05, 0.1) is 18.4 Å². The van der Waals surface area contributed by atoms with Gasteiger partial charge in [-0.3, -0.25) is 9.36 Å². The minimum absolute atomic E-state index is 0.0793. The van der Waals surface area contributed by atoms with E-state index in [0.29, 0.717) is 0 Å². The van der Waals surface area contributed by atoms with E-state index in [0.717, 1.165) is 4.57 Å². The first-order valence-electron chi connectivity index (χ1n) is 5.12. The van der Waals surface area contributed by atoms with Gasteiger partial charge in [-0.1, -0.05) is 35.3 Å². The Morgan fingerprint density at radius 3 is 2.84 bits per heavy atom. The van der Waals surface area contributed by atoms with Crippen LogP contribution in [0.5, 0.6) is 0 Å². The van der Waals surface area contributed by atoms with E-state index in [1.807, 2.05) is 0 Å². The van der Waals surface area contributed by atoms with Gasteiger partial charge in [-0.05, 0) is 6.07 Å². The highest BCUT2D eigenvalue weighted by molar-refractivity contribution is 6.40. The van der Waals surface area contributed by atoms with E-state index >= 15 is 0 Å². The maximum absolute atomic E-state index is 13.9. The lowest BCUT2D eigenvalue weighted by Crippen LogP contribution is -2.22. The quantitative estimate of drug-likeness (QED) is 0.801. The first-order valence-corrected chi connectivity index (χ1v) is 5.88. The molecule has 0 radical (unpaired) electrons. The van der Waals surface area contributed by atoms with Gasteiger partial charge in [0.2, 0.25) is 0 Å². The number of rotatable bonds is 2. The van der Waals surface area contributed by atoms with Gasteiger partial charge >= 0.3 is 0 Å². The van der Waals surface area contributed by atoms with Crippen molar-refractivity contribution in [3.05, 3.63) is 62.0 Å². The van der Waals surface area contributed by atoms with Crippen LogP contribution in [0.1, 0.15) is 11.1 Å². The molecule has 0 amide bonds. The average molecular weight is 298 g/mol. The van der Waals surface area contributed by atoms with Crippen LogP contribution < -0.4 is 5.56 Å². The van der Waals surface area contributed by atoms with Crippen LogP contribution in [-0.2, 0) is 6.54 Å². The van der Waals surface area contributed by atoms with E-state index in [4.69, 9.17) is 28.5 Å². The van der Waals surface area contributed by atoms with E-state index in [-0.39, 0.29) is 27.8 Å². The molecule has 0 spiro atoms. The molecule has 4 nitrogen and oxygen atoms in total. The molecule has 7 heteroatoms. The summed E-state index contributed by atoms with van der Waals surface area (Å²) in [5.41, 5.74) is -0.455. The van der Waals surface area contributed by atoms with Crippen molar-refractivity contribution in [2.75, 3.05) is 0 Å². The van der Waals surface area contributed by atoms with Crippen LogP contribution in [-0.4, -0.2) is 9.55 Å². The Morgan fingerprint density at radius 1 is 1.42 bits per heavy atom. The summed E-state index contributed by atoms with van der Waals surface area (Å²) in [4.78, 5) is 15.5. The summed E-state index contributed by atoms with van der Waals surface area (Å²) in [7, 11) is 0. The van der Waals surface area contributed by atoms with Gasteiger partial charge in [0.1, 0.15) is 16.9 Å². The van der Waals surface area contributed by atoms with E-state index in [1.54, 1.807) is 6.07 Å². The second kappa shape index (κ2) is 5.39. The molecule has 96 valence electrons. The summed E-state index contributed by atoms with van der Waals surface area (Å²) in [5, 5.41) is 8.41. The smallest absolute Gasteiger partial charge is 0.273 e. The fourth-order valence-corrected chi connectivity index (χ4v) is 1.81. The van der Waals surface area contributed by atoms with Crippen LogP contribution in [0, 0.1) is 17.1 Å². The van der Waals surface area contributed by atoms with Crippen LogP contribution in [0.4, 0.5) is 4.39 Å². The van der Waals surface area contributed by atoms with Gasteiger partial charge in [0.25, 0.3) is 5.56 Å². The second-order valence-electron chi connectivity index (χ2n) is 3.67. The Balaban J connectivity index is 2.46. The number of hydrogen-bond donors (Lipinski definition) is 0. The van der Waals surface area contributed by atoms with E-state index < -0.39 is 11.4 Å². The molecular formula is C12H6Cl2FN3O. The zero-order valence-electron chi connectivity index (χ0n) is 9.40. The highest BCUT2D eigenvalue weighted by atomic mass is 35.5. The summed E-state index contributed by atoms with van der Waals surface area (Å²) in [6, 6.07) is 6.10. The fourth-order valence-electron chi connectivity index (χ4n) is 1.53. The second-order valence-corrected chi connectivity index (χ2v) is 4.41. The predicted octanol–water partition coefficient (Wildman–Crippen LogP) is 2.61. The molecule has 0 aliphatic heterocycles. The molecule has 0 aliphatic carbocycles. The van der Waals surface area contributed by atoms with Crippen LogP contribution in [0.15, 0.2) is 29.3 Å². The summed E-state index contributed by atoms with van der Waals surface area (Å²) in [6.07, 6.45) is 1.18. The SMILES string of the molecule is N#Cc1cccc(Cn2cnc(Cl)c(Cl)c2=O)c1F. The Labute approximate surface area is 117 Å². The molecule has 0 N–H and O–H groups in total. The van der Waals surface area contributed by atoms with Gasteiger partial charge in [-0.15, -0.1) is 0 Å². The summed E-state index contributed by atoms with van der Waals surface area (Å²) in [5.74, 6) is -0.664. The highest BCUT2D eigenvalue weighted by Gasteiger charge is 2.11. The van der Waals surface area contributed by atoms with Gasteiger partial charge < -0.3 is 0 Å². The molecule has 1 heterocycles. The van der Waals surface area contributed by atoms with Gasteiger partial charge in [-0.25, -0.2) is 9.37 Å². The summed E-state index contributed by atoms with van der Waals surface area (Å²) < 4.78 is 15.0. The maximum Gasteiger partial charge on any atom is 0.273 e. The Bertz CT molecular complexity index is 737. The van der Waals surface area contributed by atoms with Gasteiger partial charge in [0.15, 0.2) is 5.15 Å². The van der Waals surface area contributed by atoms with Crippen molar-refractivity contribution in [3.63, 3.8) is 0 Å². The maximum atomic E-state index is 13.9. The molecule has 0 saturated carbocycles. The van der Waals surface area contributed by atoms with Gasteiger partial charge in [-0.2, -0.15) is 5.26 Å². The number of nitriles is 1. The fraction of sp³-hybridized carbons (Fsp3) is 0.0833. The molecular weight excluding hydrogens is 292 g/mol. The lowest BCUT2D eigenvalue weighted by molar-refractivity contribution is 0.591. The van der Waals surface area contributed by atoms with Gasteiger partial charge in [0, 0.05) is 5.56 Å². The lowest BCUT2D eigenvalue weighted by Gasteiger charge is -2.07. The Morgan fingerprint density at radius 2 is 2.16 bits per heavy atom. The lowest BCUT2D eigenvalue weighted by atomic mass is 10.1. The monoisotopic (exact) mass is 297 g/mol. The van der Waals surface area contributed by atoms with Crippen LogP contribution in [0.2, 0.25) is 10.2 Å². The van der Waals surface area contributed by atoms with Crippen LogP contribution in [0.3, 0.4) is 0 Å². The largest absolute Gasteiger partial charge is 0.293 e. The number of nitrogens with zero attached hydrogens (tertiary/aromatic N) is 3. The molecule has 0 unspecified atom stereocenters. The molecule has 1 aromatic carbocycles. The minimum Gasteiger partial charge on any atom is -0.293 e. The van der Waals surface area contributed by atoms with Crippen molar-refractivity contribution in [2.45, 2.75) is 6.54 Å². The highest BCUT2D eigenvalue weighted by Crippen LogP contribution is 2.15. The number of halogens is 3. The van der Waals surface area contributed by atoms with E-state index in [9.17, 15) is 9.18 Å². The number of aromatic nitrogens is 2. The molecule has 2 rings (SSSR count). The van der Waals surface area contributed by atoms with Crippen molar-refractivity contribution in [1.82, 2.24) is 9.55 Å². The molecule has 0 bridgehead atoms. The molecule has 0 atom stereocenters. The van der Waals surface area contributed by atoms with Crippen molar-refractivity contribution in [1.29, 1.82) is 5.26 Å². The summed E-state index contributed by atoms with van der Waals surface area (Å²) in [6.45, 7) is -0.0793. The van der Waals surface area contributed by atoms with Crippen molar-refractivity contribution < 1.29 is 4.39 Å². The first kappa shape index (κ1) is 13.5. The topological polar surface area (TPSA) is 58.7 Å². The van der Waals surface area contributed by atoms with Crippen molar-refractivity contribution in [3.8, 4) is 6.07 Å². The minimum atomic E-state index is -0.664. The first-order chi connectivity index (χ1) is 9.04. The third-order valence-corrected chi connectivity index (χ3v) is 3.20. The van der Waals surface area contributed by atoms with Crippen LogP contribution in [0.25, 0.3) is 0 Å². The van der Waals surface area contributed by atoms with Crippen LogP contribution >= 0.6 is 23.2 Å². The number of hydrogen-bond acceptors (Lipinski definition) is 3. The zero-order valence-corrected chi connectivity index (χ0v) is 10.9. The third kappa shape index (κ3) is 2.60. The molecule has 0 aliphatic rings. The number of benzene rings is 1. The molecule has 2 aromatic rings. The third-order valence-electron chi connectivity index (χ3n) is 2.48. The van der Waals surface area contributed by atoms with Crippen molar-refractivity contribution in [2.24, 2.45) is 0 Å². The van der Waals surface area contributed by atoms with Crippen molar-refractivity contribution >= 4 is 23.2 Å². The molecule has 19 heavy (non-hydrogen) atoms. The molecule has 0 fully saturated rings. The Hall–Kier alpha value is -1.90.